The molecule has 8 nitrogen and oxygen atoms in total. The van der Waals surface area contributed by atoms with Crippen LogP contribution in [0.5, 0.6) is 0 Å². The molecule has 3 atom stereocenters. The fourth-order valence-electron chi connectivity index (χ4n) is 4.86. The number of amides is 2. The Bertz CT molecular complexity index is 1100. The van der Waals surface area contributed by atoms with Gasteiger partial charge in [0, 0.05) is 13.0 Å². The maximum Gasteiger partial charge on any atom is 0.407 e. The Morgan fingerprint density at radius 1 is 1.03 bits per heavy atom. The van der Waals surface area contributed by atoms with Crippen LogP contribution in [0.4, 0.5) is 4.79 Å². The molecule has 0 aromatic heterocycles. The average molecular weight is 479 g/mol. The van der Waals surface area contributed by atoms with Crippen LogP contribution in [0.3, 0.4) is 0 Å². The maximum absolute atomic E-state index is 12.7. The first kappa shape index (κ1) is 24.5. The predicted molar refractivity (Wildman–Crippen MR) is 130 cm³/mol. The first-order chi connectivity index (χ1) is 16.9. The molecule has 0 fully saturated rings. The summed E-state index contributed by atoms with van der Waals surface area (Å²) in [4.78, 5) is 37.0. The van der Waals surface area contributed by atoms with E-state index in [9.17, 15) is 19.5 Å². The van der Waals surface area contributed by atoms with E-state index in [-0.39, 0.29) is 31.6 Å². The summed E-state index contributed by atoms with van der Waals surface area (Å²) in [7, 11) is 1.39. The number of nitrogens with one attached hydrogen (secondary N) is 2. The second-order valence-electron chi connectivity index (χ2n) is 8.97. The number of carboxylic acids is 1. The smallest absolute Gasteiger partial charge is 0.407 e. The zero-order chi connectivity index (χ0) is 25.0. The number of hydrogen-bond donors (Lipinski definition) is 3. The van der Waals surface area contributed by atoms with Gasteiger partial charge in [0.1, 0.15) is 6.61 Å². The molecular formula is C27H30N2O6. The highest BCUT2D eigenvalue weighted by molar-refractivity contribution is 5.89. The number of alkyl carbamates (subject to hydrolysis) is 1. The highest BCUT2D eigenvalue weighted by atomic mass is 16.5. The van der Waals surface area contributed by atoms with Crippen molar-refractivity contribution in [2.75, 3.05) is 20.3 Å². The molecular weight excluding hydrogens is 448 g/mol. The van der Waals surface area contributed by atoms with Gasteiger partial charge in [0.05, 0.1) is 18.6 Å². The van der Waals surface area contributed by atoms with Gasteiger partial charge in [-0.3, -0.25) is 4.79 Å². The molecule has 0 bridgehead atoms. The lowest BCUT2D eigenvalue weighted by atomic mass is 9.95. The van der Waals surface area contributed by atoms with Crippen molar-refractivity contribution in [1.82, 2.24) is 10.6 Å². The number of ether oxygens (including phenoxy) is 2. The minimum atomic E-state index is -1.49. The number of carbonyl (C=O) groups excluding carboxylic acids is 2. The van der Waals surface area contributed by atoms with Gasteiger partial charge in [-0.2, -0.15) is 0 Å². The second-order valence-corrected chi connectivity index (χ2v) is 8.97. The number of aliphatic carboxylic acids is 1. The van der Waals surface area contributed by atoms with Crippen molar-refractivity contribution >= 4 is 18.0 Å². The van der Waals surface area contributed by atoms with E-state index in [1.54, 1.807) is 19.1 Å². The van der Waals surface area contributed by atoms with Gasteiger partial charge in [0.25, 0.3) is 0 Å². The average Bonchev–Trinajstić information content (AvgIpc) is 3.45. The van der Waals surface area contributed by atoms with Crippen molar-refractivity contribution in [1.29, 1.82) is 0 Å². The first-order valence-corrected chi connectivity index (χ1v) is 11.7. The predicted octanol–water partition coefficient (Wildman–Crippen LogP) is 3.47. The number of carboxylic acid groups (broad SMARTS) is 1. The minimum Gasteiger partial charge on any atom is -0.479 e. The molecule has 8 heteroatoms. The molecule has 2 aromatic rings. The van der Waals surface area contributed by atoms with E-state index in [4.69, 9.17) is 9.47 Å². The third-order valence-electron chi connectivity index (χ3n) is 6.83. The first-order valence-electron chi connectivity index (χ1n) is 11.7. The molecule has 0 spiro atoms. The summed E-state index contributed by atoms with van der Waals surface area (Å²) in [6, 6.07) is 15.8. The van der Waals surface area contributed by atoms with Crippen LogP contribution in [-0.4, -0.2) is 55.0 Å². The van der Waals surface area contributed by atoms with Crippen molar-refractivity contribution in [3.63, 3.8) is 0 Å². The van der Waals surface area contributed by atoms with Crippen LogP contribution >= 0.6 is 0 Å². The largest absolute Gasteiger partial charge is 0.479 e. The third kappa shape index (κ3) is 4.93. The number of benzene rings is 2. The van der Waals surface area contributed by atoms with E-state index in [1.807, 2.05) is 24.3 Å². The number of rotatable bonds is 9. The van der Waals surface area contributed by atoms with Gasteiger partial charge in [-0.15, -0.1) is 0 Å². The van der Waals surface area contributed by atoms with Crippen LogP contribution in [-0.2, 0) is 19.1 Å². The minimum absolute atomic E-state index is 0.0373. The van der Waals surface area contributed by atoms with Crippen molar-refractivity contribution in [3.8, 4) is 11.1 Å². The van der Waals surface area contributed by atoms with E-state index in [0.29, 0.717) is 6.42 Å². The zero-order valence-corrected chi connectivity index (χ0v) is 19.8. The summed E-state index contributed by atoms with van der Waals surface area (Å²) in [6.45, 7) is 1.75. The van der Waals surface area contributed by atoms with Crippen molar-refractivity contribution in [3.05, 3.63) is 71.8 Å². The summed E-state index contributed by atoms with van der Waals surface area (Å²) in [5, 5.41) is 15.0. The number of carbonyl (C=O) groups is 3. The van der Waals surface area contributed by atoms with E-state index in [0.717, 1.165) is 22.3 Å². The van der Waals surface area contributed by atoms with Crippen molar-refractivity contribution in [2.45, 2.75) is 37.3 Å². The summed E-state index contributed by atoms with van der Waals surface area (Å²) in [5.74, 6) is -2.16. The Balaban J connectivity index is 1.32. The SMILES string of the molecule is CCC(COC)(NC(=O)C1C=CC(NC(=O)OCC2c3ccccc3-c3ccccc32)C1)C(=O)O. The van der Waals surface area contributed by atoms with Crippen molar-refractivity contribution < 1.29 is 29.0 Å². The molecule has 2 aliphatic carbocycles. The molecule has 184 valence electrons. The van der Waals surface area contributed by atoms with Gasteiger partial charge in [-0.05, 0) is 35.1 Å². The van der Waals surface area contributed by atoms with E-state index in [1.165, 1.54) is 7.11 Å². The quantitative estimate of drug-likeness (QED) is 0.476. The Hall–Kier alpha value is -3.65. The van der Waals surface area contributed by atoms with Gasteiger partial charge in [0.2, 0.25) is 5.91 Å². The molecule has 4 rings (SSSR count). The standard InChI is InChI=1S/C27H30N2O6/c1-3-27(16-34-2,25(31)32)29-24(30)17-12-13-18(14-17)28-26(33)35-15-23-21-10-6-4-8-19(21)20-9-5-7-11-22(20)23/h4-13,17-18,23H,3,14-16H2,1-2H3,(H,28,33)(H,29,30)(H,31,32). The van der Waals surface area contributed by atoms with E-state index >= 15 is 0 Å². The van der Waals surface area contributed by atoms with Crippen LogP contribution in [0.15, 0.2) is 60.7 Å². The molecule has 2 aliphatic rings. The highest BCUT2D eigenvalue weighted by Gasteiger charge is 2.40. The summed E-state index contributed by atoms with van der Waals surface area (Å²) in [5.41, 5.74) is 3.09. The van der Waals surface area contributed by atoms with Crippen LogP contribution in [0, 0.1) is 5.92 Å². The number of methoxy groups -OCH3 is 1. The molecule has 0 aliphatic heterocycles. The molecule has 2 amide bonds. The van der Waals surface area contributed by atoms with Crippen LogP contribution < -0.4 is 10.6 Å². The molecule has 0 heterocycles. The monoisotopic (exact) mass is 478 g/mol. The van der Waals surface area contributed by atoms with E-state index < -0.39 is 29.4 Å². The van der Waals surface area contributed by atoms with Crippen LogP contribution in [0.2, 0.25) is 0 Å². The lowest BCUT2D eigenvalue weighted by Crippen LogP contribution is -2.58. The fraction of sp³-hybridized carbons (Fsp3) is 0.370. The molecule has 0 saturated heterocycles. The maximum atomic E-state index is 12.7. The van der Waals surface area contributed by atoms with Crippen LogP contribution in [0.1, 0.15) is 36.8 Å². The molecule has 3 unspecified atom stereocenters. The lowest BCUT2D eigenvalue weighted by Gasteiger charge is -2.29. The van der Waals surface area contributed by atoms with Gasteiger partial charge >= 0.3 is 12.1 Å². The summed E-state index contributed by atoms with van der Waals surface area (Å²) >= 11 is 0. The van der Waals surface area contributed by atoms with Gasteiger partial charge < -0.3 is 25.2 Å². The normalized spacial score (nSPS) is 19.9. The summed E-state index contributed by atoms with van der Waals surface area (Å²) in [6.07, 6.45) is 3.35. The van der Waals surface area contributed by atoms with Gasteiger partial charge in [0.15, 0.2) is 5.54 Å². The zero-order valence-electron chi connectivity index (χ0n) is 19.8. The Labute approximate surface area is 204 Å². The number of fused-ring (bicyclic) bond motifs is 3. The van der Waals surface area contributed by atoms with Crippen LogP contribution in [0.25, 0.3) is 11.1 Å². The third-order valence-corrected chi connectivity index (χ3v) is 6.83. The Kier molecular flexibility index (Phi) is 7.21. The summed E-state index contributed by atoms with van der Waals surface area (Å²) < 4.78 is 10.6. The fourth-order valence-corrected chi connectivity index (χ4v) is 4.86. The Morgan fingerprint density at radius 3 is 2.23 bits per heavy atom. The topological polar surface area (TPSA) is 114 Å². The van der Waals surface area contributed by atoms with Gasteiger partial charge in [-0.1, -0.05) is 67.6 Å². The van der Waals surface area contributed by atoms with Gasteiger partial charge in [-0.25, -0.2) is 9.59 Å². The highest BCUT2D eigenvalue weighted by Crippen LogP contribution is 2.44. The molecule has 0 saturated carbocycles. The molecule has 2 aromatic carbocycles. The molecule has 3 N–H and O–H groups in total. The Morgan fingerprint density at radius 2 is 1.66 bits per heavy atom. The van der Waals surface area contributed by atoms with Crippen molar-refractivity contribution in [2.24, 2.45) is 5.92 Å². The molecule has 35 heavy (non-hydrogen) atoms. The second kappa shape index (κ2) is 10.3. The van der Waals surface area contributed by atoms with E-state index in [2.05, 4.69) is 34.9 Å². The molecule has 0 radical (unpaired) electrons. The number of hydrogen-bond acceptors (Lipinski definition) is 5. The lowest BCUT2D eigenvalue weighted by molar-refractivity contribution is -0.151.